The van der Waals surface area contributed by atoms with Crippen molar-refractivity contribution < 1.29 is 14.0 Å². The van der Waals surface area contributed by atoms with Crippen LogP contribution in [0.5, 0.6) is 0 Å². The minimum Gasteiger partial charge on any atom is -0.368 e. The van der Waals surface area contributed by atoms with E-state index < -0.39 is 11.7 Å². The van der Waals surface area contributed by atoms with Crippen molar-refractivity contribution in [3.63, 3.8) is 0 Å². The number of rotatable bonds is 4. The second-order valence-corrected chi connectivity index (χ2v) is 7.44. The molecule has 0 aromatic heterocycles. The summed E-state index contributed by atoms with van der Waals surface area (Å²) in [5.41, 5.74) is 1.23. The molecule has 1 aliphatic heterocycles. The summed E-state index contributed by atoms with van der Waals surface area (Å²) in [7, 11) is 0. The predicted octanol–water partition coefficient (Wildman–Crippen LogP) is 3.32. The Hall–Kier alpha value is -2.12. The summed E-state index contributed by atoms with van der Waals surface area (Å²) in [6, 6.07) is 11.4. The van der Waals surface area contributed by atoms with Crippen molar-refractivity contribution in [2.24, 2.45) is 0 Å². The van der Waals surface area contributed by atoms with Crippen LogP contribution in [-0.2, 0) is 4.79 Å². The maximum Gasteiger partial charge on any atom is 0.252 e. The van der Waals surface area contributed by atoms with E-state index in [9.17, 15) is 14.0 Å². The highest BCUT2D eigenvalue weighted by molar-refractivity contribution is 9.10. The molecule has 0 unspecified atom stereocenters. The number of piperazine rings is 1. The van der Waals surface area contributed by atoms with Gasteiger partial charge in [-0.3, -0.25) is 9.59 Å². The average Bonchev–Trinajstić information content (AvgIpc) is 2.68. The molecular formula is C19H18BrClFN3O2. The number of carbonyl (C=O) groups excluding carboxylic acids is 2. The number of anilines is 1. The molecule has 5 nitrogen and oxygen atoms in total. The second kappa shape index (κ2) is 8.71. The van der Waals surface area contributed by atoms with Crippen molar-refractivity contribution in [3.8, 4) is 0 Å². The molecule has 0 saturated carbocycles. The molecule has 8 heteroatoms. The van der Waals surface area contributed by atoms with E-state index in [1.165, 1.54) is 12.1 Å². The van der Waals surface area contributed by atoms with Gasteiger partial charge in [0.05, 0.1) is 12.1 Å². The third-order valence-electron chi connectivity index (χ3n) is 4.40. The van der Waals surface area contributed by atoms with Gasteiger partial charge in [-0.1, -0.05) is 11.6 Å². The van der Waals surface area contributed by atoms with Crippen LogP contribution in [0.25, 0.3) is 0 Å². The van der Waals surface area contributed by atoms with E-state index in [1.54, 1.807) is 4.90 Å². The Labute approximate surface area is 170 Å². The summed E-state index contributed by atoms with van der Waals surface area (Å²) >= 11 is 9.12. The minimum absolute atomic E-state index is 0.122. The van der Waals surface area contributed by atoms with Gasteiger partial charge in [0.15, 0.2) is 0 Å². The summed E-state index contributed by atoms with van der Waals surface area (Å²) in [4.78, 5) is 28.4. The molecule has 3 rings (SSSR count). The minimum atomic E-state index is -0.506. The van der Waals surface area contributed by atoms with E-state index in [0.29, 0.717) is 35.7 Å². The number of amides is 2. The molecule has 1 saturated heterocycles. The zero-order chi connectivity index (χ0) is 19.4. The average molecular weight is 455 g/mol. The fraction of sp³-hybridized carbons (Fsp3) is 0.263. The summed E-state index contributed by atoms with van der Waals surface area (Å²) in [5, 5.41) is 3.25. The number of nitrogens with one attached hydrogen (secondary N) is 1. The number of benzene rings is 2. The fourth-order valence-electron chi connectivity index (χ4n) is 2.90. The van der Waals surface area contributed by atoms with E-state index in [0.717, 1.165) is 11.8 Å². The van der Waals surface area contributed by atoms with Gasteiger partial charge in [0.2, 0.25) is 5.91 Å². The van der Waals surface area contributed by atoms with Crippen molar-refractivity contribution in [2.75, 3.05) is 37.6 Å². The molecule has 1 aliphatic rings. The number of carbonyl (C=O) groups is 2. The van der Waals surface area contributed by atoms with Gasteiger partial charge in [-0.15, -0.1) is 0 Å². The maximum absolute atomic E-state index is 13.3. The molecule has 1 heterocycles. The summed E-state index contributed by atoms with van der Waals surface area (Å²) in [6.45, 7) is 2.43. The molecule has 2 amide bonds. The predicted molar refractivity (Wildman–Crippen MR) is 107 cm³/mol. The number of hydrogen-bond donors (Lipinski definition) is 1. The van der Waals surface area contributed by atoms with Gasteiger partial charge in [0.25, 0.3) is 5.91 Å². The van der Waals surface area contributed by atoms with Crippen LogP contribution in [0, 0.1) is 5.82 Å². The van der Waals surface area contributed by atoms with Gasteiger partial charge in [0, 0.05) is 41.4 Å². The standard InChI is InChI=1S/C19H18BrClFN3O2/c20-17-6-3-14(22)11-16(17)19(27)23-12-18(26)25-9-7-24(8-10-25)15-4-1-13(21)2-5-15/h1-6,11H,7-10,12H2,(H,23,27). The van der Waals surface area contributed by atoms with Gasteiger partial charge in [0.1, 0.15) is 5.82 Å². The molecule has 142 valence electrons. The maximum atomic E-state index is 13.3. The van der Waals surface area contributed by atoms with E-state index >= 15 is 0 Å². The Kier molecular flexibility index (Phi) is 6.34. The van der Waals surface area contributed by atoms with Crippen molar-refractivity contribution in [1.29, 1.82) is 0 Å². The van der Waals surface area contributed by atoms with Crippen molar-refractivity contribution in [1.82, 2.24) is 10.2 Å². The first-order valence-corrected chi connectivity index (χ1v) is 9.62. The molecule has 1 fully saturated rings. The quantitative estimate of drug-likeness (QED) is 0.771. The second-order valence-electron chi connectivity index (χ2n) is 6.15. The Morgan fingerprint density at radius 3 is 2.41 bits per heavy atom. The Morgan fingerprint density at radius 2 is 1.74 bits per heavy atom. The summed E-state index contributed by atoms with van der Waals surface area (Å²) < 4.78 is 13.8. The van der Waals surface area contributed by atoms with Crippen LogP contribution in [0.3, 0.4) is 0 Å². The molecule has 0 aliphatic carbocycles. The Balaban J connectivity index is 1.50. The lowest BCUT2D eigenvalue weighted by Crippen LogP contribution is -2.51. The lowest BCUT2D eigenvalue weighted by Gasteiger charge is -2.36. The largest absolute Gasteiger partial charge is 0.368 e. The summed E-state index contributed by atoms with van der Waals surface area (Å²) in [5.74, 6) is -1.16. The van der Waals surface area contributed by atoms with Gasteiger partial charge < -0.3 is 15.1 Å². The molecule has 2 aromatic carbocycles. The van der Waals surface area contributed by atoms with Crippen LogP contribution >= 0.6 is 27.5 Å². The Morgan fingerprint density at radius 1 is 1.07 bits per heavy atom. The first kappa shape index (κ1) is 19.6. The third-order valence-corrected chi connectivity index (χ3v) is 5.34. The molecule has 0 radical (unpaired) electrons. The highest BCUT2D eigenvalue weighted by Gasteiger charge is 2.22. The van der Waals surface area contributed by atoms with Crippen molar-refractivity contribution >= 4 is 45.0 Å². The molecule has 2 aromatic rings. The molecule has 0 spiro atoms. The molecule has 27 heavy (non-hydrogen) atoms. The summed E-state index contributed by atoms with van der Waals surface area (Å²) in [6.07, 6.45) is 0. The van der Waals surface area contributed by atoms with Gasteiger partial charge in [-0.2, -0.15) is 0 Å². The third kappa shape index (κ3) is 4.99. The Bertz CT molecular complexity index is 839. The van der Waals surface area contributed by atoms with Crippen molar-refractivity contribution in [3.05, 3.63) is 63.3 Å². The lowest BCUT2D eigenvalue weighted by molar-refractivity contribution is -0.130. The number of halogens is 3. The van der Waals surface area contributed by atoms with Gasteiger partial charge in [-0.05, 0) is 58.4 Å². The number of hydrogen-bond acceptors (Lipinski definition) is 3. The smallest absolute Gasteiger partial charge is 0.252 e. The zero-order valence-corrected chi connectivity index (χ0v) is 16.8. The van der Waals surface area contributed by atoms with E-state index in [4.69, 9.17) is 11.6 Å². The lowest BCUT2D eigenvalue weighted by atomic mass is 10.2. The molecule has 1 N–H and O–H groups in total. The first-order chi connectivity index (χ1) is 12.9. The molecule has 0 bridgehead atoms. The molecule has 0 atom stereocenters. The monoisotopic (exact) mass is 453 g/mol. The highest BCUT2D eigenvalue weighted by Crippen LogP contribution is 2.20. The van der Waals surface area contributed by atoms with Crippen LogP contribution in [-0.4, -0.2) is 49.4 Å². The van der Waals surface area contributed by atoms with Crippen LogP contribution in [0.4, 0.5) is 10.1 Å². The van der Waals surface area contributed by atoms with Crippen LogP contribution in [0.1, 0.15) is 10.4 Å². The van der Waals surface area contributed by atoms with Gasteiger partial charge in [-0.25, -0.2) is 4.39 Å². The highest BCUT2D eigenvalue weighted by atomic mass is 79.9. The van der Waals surface area contributed by atoms with Crippen LogP contribution in [0.2, 0.25) is 5.02 Å². The fourth-order valence-corrected chi connectivity index (χ4v) is 3.45. The van der Waals surface area contributed by atoms with Gasteiger partial charge >= 0.3 is 0 Å². The normalized spacial score (nSPS) is 14.2. The van der Waals surface area contributed by atoms with E-state index in [-0.39, 0.29) is 18.0 Å². The first-order valence-electron chi connectivity index (χ1n) is 8.45. The number of nitrogens with zero attached hydrogens (tertiary/aromatic N) is 2. The van der Waals surface area contributed by atoms with E-state index in [1.807, 2.05) is 24.3 Å². The van der Waals surface area contributed by atoms with E-state index in [2.05, 4.69) is 26.1 Å². The topological polar surface area (TPSA) is 52.7 Å². The zero-order valence-electron chi connectivity index (χ0n) is 14.4. The SMILES string of the molecule is O=C(NCC(=O)N1CCN(c2ccc(Cl)cc2)CC1)c1cc(F)ccc1Br. The van der Waals surface area contributed by atoms with Crippen LogP contribution < -0.4 is 10.2 Å². The van der Waals surface area contributed by atoms with Crippen molar-refractivity contribution in [2.45, 2.75) is 0 Å². The molecular weight excluding hydrogens is 437 g/mol. The van der Waals surface area contributed by atoms with Crippen LogP contribution in [0.15, 0.2) is 46.9 Å².